The van der Waals surface area contributed by atoms with E-state index in [1.54, 1.807) is 6.07 Å². The molecule has 1 aromatic carbocycles. The summed E-state index contributed by atoms with van der Waals surface area (Å²) in [5.74, 6) is 0.169. The SMILES string of the molecule is CCNC(C)CC(=O)Cc1cccc(Cl)c1Cl. The van der Waals surface area contributed by atoms with Crippen molar-refractivity contribution in [1.82, 2.24) is 5.32 Å². The summed E-state index contributed by atoms with van der Waals surface area (Å²) in [6.07, 6.45) is 0.853. The smallest absolute Gasteiger partial charge is 0.138 e. The van der Waals surface area contributed by atoms with E-state index < -0.39 is 0 Å². The monoisotopic (exact) mass is 273 g/mol. The Balaban J connectivity index is 2.59. The summed E-state index contributed by atoms with van der Waals surface area (Å²) in [7, 11) is 0. The minimum Gasteiger partial charge on any atom is -0.314 e. The molecule has 1 unspecified atom stereocenters. The number of hydrogen-bond donors (Lipinski definition) is 1. The zero-order valence-corrected chi connectivity index (χ0v) is 11.6. The molecule has 0 bridgehead atoms. The molecule has 0 aliphatic carbocycles. The van der Waals surface area contributed by atoms with Gasteiger partial charge in [-0.1, -0.05) is 42.3 Å². The molecule has 1 aromatic rings. The van der Waals surface area contributed by atoms with Gasteiger partial charge >= 0.3 is 0 Å². The fraction of sp³-hybridized carbons (Fsp3) is 0.462. The van der Waals surface area contributed by atoms with Gasteiger partial charge in [-0.15, -0.1) is 0 Å². The highest BCUT2D eigenvalue weighted by Crippen LogP contribution is 2.26. The van der Waals surface area contributed by atoms with E-state index in [0.717, 1.165) is 12.1 Å². The highest BCUT2D eigenvalue weighted by atomic mass is 35.5. The second-order valence-electron chi connectivity index (χ2n) is 4.09. The molecule has 0 aliphatic rings. The first-order valence-corrected chi connectivity index (χ1v) is 6.48. The lowest BCUT2D eigenvalue weighted by Crippen LogP contribution is -2.28. The van der Waals surface area contributed by atoms with Gasteiger partial charge in [0.15, 0.2) is 0 Å². The normalized spacial score (nSPS) is 12.5. The van der Waals surface area contributed by atoms with Crippen molar-refractivity contribution < 1.29 is 4.79 Å². The molecule has 0 spiro atoms. The fourth-order valence-corrected chi connectivity index (χ4v) is 2.12. The summed E-state index contributed by atoms with van der Waals surface area (Å²) in [6, 6.07) is 5.57. The Bertz CT molecular complexity index is 393. The summed E-state index contributed by atoms with van der Waals surface area (Å²) >= 11 is 11.9. The maximum Gasteiger partial charge on any atom is 0.138 e. The van der Waals surface area contributed by atoms with E-state index in [1.165, 1.54) is 0 Å². The zero-order valence-electron chi connectivity index (χ0n) is 10.1. The highest BCUT2D eigenvalue weighted by Gasteiger charge is 2.12. The summed E-state index contributed by atoms with van der Waals surface area (Å²) in [6.45, 7) is 4.89. The van der Waals surface area contributed by atoms with Gasteiger partial charge in [0.1, 0.15) is 5.78 Å². The molecule has 4 heteroatoms. The lowest BCUT2D eigenvalue weighted by molar-refractivity contribution is -0.118. The van der Waals surface area contributed by atoms with Gasteiger partial charge in [0.2, 0.25) is 0 Å². The number of rotatable bonds is 6. The standard InChI is InChI=1S/C13H17Cl2NO/c1-3-16-9(2)7-11(17)8-10-5-4-6-12(14)13(10)15/h4-6,9,16H,3,7-8H2,1-2H3. The molecule has 0 aliphatic heterocycles. The van der Waals surface area contributed by atoms with E-state index >= 15 is 0 Å². The summed E-state index contributed by atoms with van der Waals surface area (Å²) in [4.78, 5) is 11.8. The summed E-state index contributed by atoms with van der Waals surface area (Å²) in [5.41, 5.74) is 0.799. The number of benzene rings is 1. The predicted octanol–water partition coefficient (Wildman–Crippen LogP) is 3.49. The lowest BCUT2D eigenvalue weighted by Gasteiger charge is -2.11. The average molecular weight is 274 g/mol. The van der Waals surface area contributed by atoms with E-state index in [2.05, 4.69) is 5.32 Å². The van der Waals surface area contributed by atoms with Crippen LogP contribution in [0.3, 0.4) is 0 Å². The van der Waals surface area contributed by atoms with Crippen LogP contribution < -0.4 is 5.32 Å². The average Bonchev–Trinajstić information content (AvgIpc) is 2.25. The minimum atomic E-state index is 0.169. The predicted molar refractivity (Wildman–Crippen MR) is 72.9 cm³/mol. The number of carbonyl (C=O) groups excluding carboxylic acids is 1. The van der Waals surface area contributed by atoms with Crippen molar-refractivity contribution in [3.63, 3.8) is 0 Å². The topological polar surface area (TPSA) is 29.1 Å². The van der Waals surface area contributed by atoms with Crippen molar-refractivity contribution in [3.8, 4) is 0 Å². The molecule has 17 heavy (non-hydrogen) atoms. The van der Waals surface area contributed by atoms with Crippen molar-refractivity contribution in [1.29, 1.82) is 0 Å². The zero-order chi connectivity index (χ0) is 12.8. The molecule has 94 valence electrons. The third kappa shape index (κ3) is 4.66. The molecular formula is C13H17Cl2NO. The van der Waals surface area contributed by atoms with Crippen LogP contribution >= 0.6 is 23.2 Å². The van der Waals surface area contributed by atoms with Gasteiger partial charge in [-0.25, -0.2) is 0 Å². The van der Waals surface area contributed by atoms with Crippen LogP contribution in [0.5, 0.6) is 0 Å². The highest BCUT2D eigenvalue weighted by molar-refractivity contribution is 6.42. The largest absolute Gasteiger partial charge is 0.314 e. The Hall–Kier alpha value is -0.570. The third-order valence-corrected chi connectivity index (χ3v) is 3.36. The number of ketones is 1. The maximum absolute atomic E-state index is 11.8. The van der Waals surface area contributed by atoms with Gasteiger partial charge in [-0.3, -0.25) is 4.79 Å². The number of Topliss-reactive ketones (excluding diaryl/α,β-unsaturated/α-hetero) is 1. The molecule has 2 nitrogen and oxygen atoms in total. The van der Waals surface area contributed by atoms with Crippen molar-refractivity contribution in [2.75, 3.05) is 6.54 Å². The molecule has 1 rings (SSSR count). The van der Waals surface area contributed by atoms with E-state index in [4.69, 9.17) is 23.2 Å². The van der Waals surface area contributed by atoms with Gasteiger partial charge < -0.3 is 5.32 Å². The molecule has 0 heterocycles. The first-order chi connectivity index (χ1) is 8.04. The second-order valence-corrected chi connectivity index (χ2v) is 4.88. The number of nitrogens with one attached hydrogen (secondary N) is 1. The Morgan fingerprint density at radius 2 is 2.12 bits per heavy atom. The second kappa shape index (κ2) is 7.00. The van der Waals surface area contributed by atoms with E-state index in [0.29, 0.717) is 22.9 Å². The summed E-state index contributed by atoms with van der Waals surface area (Å²) < 4.78 is 0. The molecule has 0 saturated carbocycles. The molecule has 0 fully saturated rings. The van der Waals surface area contributed by atoms with Crippen LogP contribution in [0.25, 0.3) is 0 Å². The number of carbonyl (C=O) groups is 1. The van der Waals surface area contributed by atoms with Crippen LogP contribution in [0, 0.1) is 0 Å². The van der Waals surface area contributed by atoms with E-state index in [9.17, 15) is 4.79 Å². The van der Waals surface area contributed by atoms with Crippen LogP contribution in [-0.4, -0.2) is 18.4 Å². The number of halogens is 2. The number of hydrogen-bond acceptors (Lipinski definition) is 2. The first-order valence-electron chi connectivity index (χ1n) is 5.72. The molecule has 0 aromatic heterocycles. The van der Waals surface area contributed by atoms with Crippen LogP contribution in [0.2, 0.25) is 10.0 Å². The van der Waals surface area contributed by atoms with E-state index in [-0.39, 0.29) is 11.8 Å². The van der Waals surface area contributed by atoms with Gasteiger partial charge in [-0.2, -0.15) is 0 Å². The molecule has 1 atom stereocenters. The first kappa shape index (κ1) is 14.5. The summed E-state index contributed by atoms with van der Waals surface area (Å²) in [5, 5.41) is 4.19. The van der Waals surface area contributed by atoms with Gasteiger partial charge in [0.05, 0.1) is 10.0 Å². The van der Waals surface area contributed by atoms with Crippen molar-refractivity contribution in [3.05, 3.63) is 33.8 Å². The molecule has 0 radical (unpaired) electrons. The Morgan fingerprint density at radius 1 is 1.41 bits per heavy atom. The quantitative estimate of drug-likeness (QED) is 0.860. The van der Waals surface area contributed by atoms with Crippen LogP contribution in [-0.2, 0) is 11.2 Å². The maximum atomic E-state index is 11.8. The molecule has 1 N–H and O–H groups in total. The van der Waals surface area contributed by atoms with Crippen molar-refractivity contribution in [2.45, 2.75) is 32.7 Å². The Morgan fingerprint density at radius 3 is 2.76 bits per heavy atom. The molecular weight excluding hydrogens is 257 g/mol. The molecule has 0 saturated heterocycles. The van der Waals surface area contributed by atoms with Gasteiger partial charge in [-0.05, 0) is 25.1 Å². The third-order valence-electron chi connectivity index (χ3n) is 2.51. The Labute approximate surface area is 112 Å². The van der Waals surface area contributed by atoms with Gasteiger partial charge in [0.25, 0.3) is 0 Å². The molecule has 0 amide bonds. The van der Waals surface area contributed by atoms with Gasteiger partial charge in [0, 0.05) is 18.9 Å². The van der Waals surface area contributed by atoms with Crippen LogP contribution in [0.1, 0.15) is 25.8 Å². The Kier molecular flexibility index (Phi) is 5.96. The van der Waals surface area contributed by atoms with Crippen molar-refractivity contribution in [2.24, 2.45) is 0 Å². The van der Waals surface area contributed by atoms with Crippen LogP contribution in [0.15, 0.2) is 18.2 Å². The fourth-order valence-electron chi connectivity index (χ4n) is 1.73. The lowest BCUT2D eigenvalue weighted by atomic mass is 10.0. The minimum absolute atomic E-state index is 0.169. The van der Waals surface area contributed by atoms with Crippen molar-refractivity contribution >= 4 is 29.0 Å². The van der Waals surface area contributed by atoms with Crippen LogP contribution in [0.4, 0.5) is 0 Å². The van der Waals surface area contributed by atoms with E-state index in [1.807, 2.05) is 26.0 Å².